The topological polar surface area (TPSA) is 0 Å². The third-order valence-corrected chi connectivity index (χ3v) is 87.5. The van der Waals surface area contributed by atoms with E-state index in [2.05, 4.69) is 93.8 Å². The van der Waals surface area contributed by atoms with Gasteiger partial charge >= 0.3 is 151 Å². The van der Waals surface area contributed by atoms with Crippen molar-refractivity contribution in [2.24, 2.45) is 5.92 Å². The Labute approximate surface area is 150 Å². The van der Waals surface area contributed by atoms with Gasteiger partial charge in [0.25, 0.3) is 0 Å². The quantitative estimate of drug-likeness (QED) is 0.416. The molecule has 1 rings (SSSR count). The van der Waals surface area contributed by atoms with E-state index in [9.17, 15) is 0 Å². The van der Waals surface area contributed by atoms with Gasteiger partial charge in [0.2, 0.25) is 0 Å². The molecule has 1 saturated heterocycles. The van der Waals surface area contributed by atoms with E-state index >= 15 is 0 Å². The van der Waals surface area contributed by atoms with Gasteiger partial charge in [0.05, 0.1) is 0 Å². The Hall–Kier alpha value is 2.15. The van der Waals surface area contributed by atoms with E-state index in [1.165, 1.54) is 0 Å². The molecule has 1 aliphatic heterocycles. The maximum absolute atomic E-state index is 2.84. The molecule has 0 aromatic carbocycles. The molecule has 0 spiro atoms. The Bertz CT molecular complexity index is 483. The van der Waals surface area contributed by atoms with Crippen molar-refractivity contribution < 1.29 is 0 Å². The van der Waals surface area contributed by atoms with Crippen LogP contribution < -0.4 is 0 Å². The van der Waals surface area contributed by atoms with Crippen LogP contribution in [0.1, 0.15) is 13.8 Å². The summed E-state index contributed by atoms with van der Waals surface area (Å²) in [6.07, 6.45) is 0.0378. The third kappa shape index (κ3) is 3.27. The molecule has 0 aromatic heterocycles. The monoisotopic (exact) mass is 422 g/mol. The molecule has 148 valence electrons. The summed E-state index contributed by atoms with van der Waals surface area (Å²) in [5.41, 5.74) is 1.02. The van der Waals surface area contributed by atoms with Crippen LogP contribution in [0.3, 0.4) is 0 Å². The zero-order valence-corrected chi connectivity index (χ0v) is 23.8. The normalized spacial score (nSPS) is 43.9. The van der Waals surface area contributed by atoms with Gasteiger partial charge in [-0.3, -0.25) is 0 Å². The fourth-order valence-corrected chi connectivity index (χ4v) is 77.1. The zero-order chi connectivity index (χ0) is 19.0. The minimum atomic E-state index is -1.60. The summed E-state index contributed by atoms with van der Waals surface area (Å²) in [6.45, 7) is 35.0. The van der Waals surface area contributed by atoms with Crippen LogP contribution in [0.5, 0.6) is 0 Å². The minimum absolute atomic E-state index is 0.868. The van der Waals surface area contributed by atoms with Crippen LogP contribution in [0.25, 0.3) is 0 Å². The Balaban J connectivity index is 3.81. The van der Waals surface area contributed by atoms with Gasteiger partial charge in [0.15, 0.2) is 0 Å². The van der Waals surface area contributed by atoms with Crippen molar-refractivity contribution in [2.75, 3.05) is 92.0 Å². The fraction of sp³-hybridized carbons (Fsp3) is 1.00. The number of hydrogen-bond donors (Lipinski definition) is 0. The standard InChI is InChI=1S/C18H51P5/c1-17(2)18-15-22(9,10,11)19(3,4)16-20(5,6)23(12,13,14)21(18,7)8/h17-21H,15-16H2,1-14H3. The molecule has 0 N–H and O–H groups in total. The molecule has 0 aliphatic carbocycles. The summed E-state index contributed by atoms with van der Waals surface area (Å²) in [4.78, 5) is 0. The fourth-order valence-electron chi connectivity index (χ4n) is 5.17. The van der Waals surface area contributed by atoms with Crippen LogP contribution in [0.2, 0.25) is 0 Å². The molecular formula is C18H51P5. The molecule has 1 unspecified atom stereocenters. The molecule has 0 saturated carbocycles. The SMILES string of the molecule is CC(C)C1CP(C)(C)(C)[PH](C)(C)C[PH](C)(C)P(C)(C)(C)[PH]1(C)C. The molecule has 0 aromatic rings. The Morgan fingerprint density at radius 3 is 1.48 bits per heavy atom. The van der Waals surface area contributed by atoms with Gasteiger partial charge in [-0.15, -0.1) is 0 Å². The zero-order valence-electron chi connectivity index (χ0n) is 19.0. The van der Waals surface area contributed by atoms with Gasteiger partial charge in [-0.05, 0) is 0 Å². The van der Waals surface area contributed by atoms with Crippen molar-refractivity contribution in [3.8, 4) is 0 Å². The molecule has 1 aliphatic rings. The molecular weight excluding hydrogens is 371 g/mol. The first-order chi connectivity index (χ1) is 9.56. The Kier molecular flexibility index (Phi) is 5.63. The molecule has 1 atom stereocenters. The predicted octanol–water partition coefficient (Wildman–Crippen LogP) is 6.64. The van der Waals surface area contributed by atoms with E-state index in [4.69, 9.17) is 0 Å². The van der Waals surface area contributed by atoms with Crippen molar-refractivity contribution in [3.05, 3.63) is 0 Å². The molecule has 1 heterocycles. The molecule has 0 radical (unpaired) electrons. The van der Waals surface area contributed by atoms with Crippen molar-refractivity contribution in [3.63, 3.8) is 0 Å². The Morgan fingerprint density at radius 1 is 0.739 bits per heavy atom. The van der Waals surface area contributed by atoms with E-state index < -0.39 is 33.1 Å². The van der Waals surface area contributed by atoms with E-state index in [1.807, 2.05) is 0 Å². The molecule has 1 fully saturated rings. The van der Waals surface area contributed by atoms with Crippen LogP contribution in [0, 0.1) is 5.92 Å². The summed E-state index contributed by atoms with van der Waals surface area (Å²) in [6, 6.07) is 0. The average Bonchev–Trinajstić information content (AvgIpc) is 2.20. The van der Waals surface area contributed by atoms with E-state index in [0.29, 0.717) is 0 Å². The summed E-state index contributed by atoms with van der Waals surface area (Å²) < 4.78 is 0. The van der Waals surface area contributed by atoms with Crippen LogP contribution in [-0.4, -0.2) is 97.7 Å². The first-order valence-electron chi connectivity index (χ1n) is 9.56. The van der Waals surface area contributed by atoms with Gasteiger partial charge in [-0.1, -0.05) is 0 Å². The van der Waals surface area contributed by atoms with Crippen LogP contribution in [0.4, 0.5) is 0 Å². The van der Waals surface area contributed by atoms with Crippen molar-refractivity contribution >= 4 is 33.1 Å². The maximum atomic E-state index is 2.84. The van der Waals surface area contributed by atoms with E-state index in [1.54, 1.807) is 12.1 Å². The van der Waals surface area contributed by atoms with Gasteiger partial charge in [-0.25, -0.2) is 0 Å². The van der Waals surface area contributed by atoms with E-state index in [0.717, 1.165) is 11.6 Å². The van der Waals surface area contributed by atoms with Crippen LogP contribution in [-0.2, 0) is 0 Å². The van der Waals surface area contributed by atoms with Crippen LogP contribution >= 0.6 is 33.1 Å². The number of rotatable bonds is 1. The second-order valence-corrected chi connectivity index (χ2v) is 64.7. The summed E-state index contributed by atoms with van der Waals surface area (Å²) in [7, 11) is 0. The van der Waals surface area contributed by atoms with Gasteiger partial charge in [0.1, 0.15) is 0 Å². The second kappa shape index (κ2) is 5.58. The van der Waals surface area contributed by atoms with Crippen molar-refractivity contribution in [1.82, 2.24) is 0 Å². The summed E-state index contributed by atoms with van der Waals surface area (Å²) in [5.74, 6) is 0.951. The Morgan fingerprint density at radius 2 is 1.13 bits per heavy atom. The van der Waals surface area contributed by atoms with Gasteiger partial charge < -0.3 is 0 Å². The third-order valence-electron chi connectivity index (χ3n) is 9.79. The van der Waals surface area contributed by atoms with Crippen LogP contribution in [0.15, 0.2) is 0 Å². The second-order valence-electron chi connectivity index (χ2n) is 13.4. The molecule has 0 nitrogen and oxygen atoms in total. The first-order valence-corrected chi connectivity index (χ1v) is 28.9. The summed E-state index contributed by atoms with van der Waals surface area (Å²) in [5, 5.41) is 0. The van der Waals surface area contributed by atoms with Gasteiger partial charge in [0, 0.05) is 0 Å². The van der Waals surface area contributed by atoms with Crippen molar-refractivity contribution in [1.29, 1.82) is 0 Å². The molecule has 0 bridgehead atoms. The first kappa shape index (κ1) is 23.2. The molecule has 23 heavy (non-hydrogen) atoms. The summed E-state index contributed by atoms with van der Waals surface area (Å²) >= 11 is 0. The average molecular weight is 422 g/mol. The molecule has 5 heteroatoms. The van der Waals surface area contributed by atoms with Crippen molar-refractivity contribution in [2.45, 2.75) is 19.5 Å². The molecule has 0 amide bonds. The predicted molar refractivity (Wildman–Crippen MR) is 138 cm³/mol. The van der Waals surface area contributed by atoms with E-state index in [-0.39, 0.29) is 0 Å². The van der Waals surface area contributed by atoms with Gasteiger partial charge in [-0.2, -0.15) is 0 Å². The number of hydrogen-bond acceptors (Lipinski definition) is 0.